The van der Waals surface area contributed by atoms with Crippen LogP contribution < -0.4 is 0 Å². The first-order valence-electron chi connectivity index (χ1n) is 10.3. The number of carbonyl (C=O) groups is 2. The second-order valence-corrected chi connectivity index (χ2v) is 8.47. The van der Waals surface area contributed by atoms with Gasteiger partial charge in [0.2, 0.25) is 0 Å². The summed E-state index contributed by atoms with van der Waals surface area (Å²) >= 11 is 5.68. The lowest BCUT2D eigenvalue weighted by Crippen LogP contribution is -2.55. The SMILES string of the molecule is CCC(=O)c1ccc(Cn2c3c(c4ccccc42)C2CN(C3)C(=O)N(C)C2=S)cc1. The molecular weight excluding hydrogens is 394 g/mol. The number of para-hydroxylation sites is 1. The van der Waals surface area contributed by atoms with Crippen molar-refractivity contribution < 1.29 is 9.59 Å². The monoisotopic (exact) mass is 417 g/mol. The molecule has 1 unspecified atom stereocenters. The van der Waals surface area contributed by atoms with E-state index in [1.165, 1.54) is 10.9 Å². The third-order valence-electron chi connectivity index (χ3n) is 6.34. The lowest BCUT2D eigenvalue weighted by atomic mass is 9.89. The average molecular weight is 418 g/mol. The molecule has 1 aromatic heterocycles. The first-order chi connectivity index (χ1) is 14.5. The minimum atomic E-state index is -0.0267. The number of rotatable bonds is 4. The van der Waals surface area contributed by atoms with Crippen molar-refractivity contribution in [2.75, 3.05) is 13.6 Å². The summed E-state index contributed by atoms with van der Waals surface area (Å²) in [5.41, 5.74) is 5.44. The molecule has 2 aromatic carbocycles. The molecule has 0 radical (unpaired) electrons. The van der Waals surface area contributed by atoms with Crippen LogP contribution >= 0.6 is 12.2 Å². The van der Waals surface area contributed by atoms with Crippen LogP contribution in [0.25, 0.3) is 10.9 Å². The Labute approximate surface area is 180 Å². The molecule has 5 nitrogen and oxygen atoms in total. The van der Waals surface area contributed by atoms with Gasteiger partial charge in [-0.2, -0.15) is 0 Å². The van der Waals surface area contributed by atoms with Crippen molar-refractivity contribution in [3.8, 4) is 0 Å². The number of hydrogen-bond donors (Lipinski definition) is 0. The number of amides is 2. The highest BCUT2D eigenvalue weighted by Crippen LogP contribution is 2.41. The second kappa shape index (κ2) is 7.06. The molecule has 5 rings (SSSR count). The van der Waals surface area contributed by atoms with E-state index in [4.69, 9.17) is 12.2 Å². The number of likely N-dealkylation sites (N-methyl/N-ethyl adjacent to an activating group) is 1. The molecule has 3 heterocycles. The van der Waals surface area contributed by atoms with E-state index in [1.807, 2.05) is 36.1 Å². The van der Waals surface area contributed by atoms with E-state index in [0.29, 0.717) is 31.0 Å². The normalized spacial score (nSPS) is 18.1. The summed E-state index contributed by atoms with van der Waals surface area (Å²) in [6.45, 7) is 3.80. The summed E-state index contributed by atoms with van der Waals surface area (Å²) in [5, 5.41) is 1.21. The van der Waals surface area contributed by atoms with Gasteiger partial charge >= 0.3 is 6.03 Å². The molecule has 1 atom stereocenters. The van der Waals surface area contributed by atoms with Crippen molar-refractivity contribution in [2.24, 2.45) is 0 Å². The summed E-state index contributed by atoms with van der Waals surface area (Å²) in [7, 11) is 1.77. The lowest BCUT2D eigenvalue weighted by Gasteiger charge is -2.42. The van der Waals surface area contributed by atoms with Crippen LogP contribution in [0.4, 0.5) is 4.79 Å². The number of nitrogens with zero attached hydrogens (tertiary/aromatic N) is 3. The molecule has 3 aromatic rings. The third-order valence-corrected chi connectivity index (χ3v) is 6.90. The van der Waals surface area contributed by atoms with Crippen LogP contribution in [-0.2, 0) is 13.1 Å². The first-order valence-corrected chi connectivity index (χ1v) is 10.7. The Kier molecular flexibility index (Phi) is 4.47. The maximum atomic E-state index is 12.7. The van der Waals surface area contributed by atoms with E-state index >= 15 is 0 Å². The Morgan fingerprint density at radius 3 is 2.60 bits per heavy atom. The quantitative estimate of drug-likeness (QED) is 0.461. The second-order valence-electron chi connectivity index (χ2n) is 8.05. The number of hydrogen-bond acceptors (Lipinski definition) is 3. The number of thiocarbonyl (C=S) groups is 1. The summed E-state index contributed by atoms with van der Waals surface area (Å²) in [4.78, 5) is 28.8. The van der Waals surface area contributed by atoms with E-state index in [2.05, 4.69) is 28.8 Å². The van der Waals surface area contributed by atoms with Crippen molar-refractivity contribution >= 4 is 39.9 Å². The van der Waals surface area contributed by atoms with E-state index in [1.54, 1.807) is 11.9 Å². The van der Waals surface area contributed by atoms with Gasteiger partial charge in [0.25, 0.3) is 0 Å². The predicted molar refractivity (Wildman–Crippen MR) is 121 cm³/mol. The molecule has 0 spiro atoms. The highest BCUT2D eigenvalue weighted by Gasteiger charge is 2.42. The zero-order valence-electron chi connectivity index (χ0n) is 17.1. The van der Waals surface area contributed by atoms with Crippen molar-refractivity contribution in [2.45, 2.75) is 32.4 Å². The number of fused-ring (bicyclic) bond motifs is 6. The van der Waals surface area contributed by atoms with Gasteiger partial charge in [0.05, 0.1) is 17.5 Å². The van der Waals surface area contributed by atoms with Gasteiger partial charge in [-0.25, -0.2) is 4.79 Å². The van der Waals surface area contributed by atoms with Gasteiger partial charge in [-0.3, -0.25) is 9.69 Å². The fourth-order valence-electron chi connectivity index (χ4n) is 4.75. The van der Waals surface area contributed by atoms with Gasteiger partial charge in [-0.05, 0) is 17.2 Å². The molecule has 0 aliphatic carbocycles. The molecule has 30 heavy (non-hydrogen) atoms. The lowest BCUT2D eigenvalue weighted by molar-refractivity contribution is 0.0988. The molecule has 2 bridgehead atoms. The Balaban J connectivity index is 1.62. The molecule has 2 amide bonds. The van der Waals surface area contributed by atoms with Crippen LogP contribution in [0.1, 0.15) is 46.4 Å². The number of aromatic nitrogens is 1. The smallest absolute Gasteiger partial charge is 0.325 e. The van der Waals surface area contributed by atoms with Gasteiger partial charge in [0, 0.05) is 48.7 Å². The average Bonchev–Trinajstić information content (AvgIpc) is 3.09. The van der Waals surface area contributed by atoms with Gasteiger partial charge in [-0.15, -0.1) is 0 Å². The van der Waals surface area contributed by atoms with Crippen LogP contribution in [0, 0.1) is 0 Å². The number of carbonyl (C=O) groups excluding carboxylic acids is 2. The first kappa shape index (κ1) is 19.0. The van der Waals surface area contributed by atoms with Gasteiger partial charge < -0.3 is 9.47 Å². The summed E-state index contributed by atoms with van der Waals surface area (Å²) in [6, 6.07) is 16.2. The number of ketones is 1. The molecule has 152 valence electrons. The van der Waals surface area contributed by atoms with Crippen LogP contribution in [-0.4, -0.2) is 44.8 Å². The minimum absolute atomic E-state index is 0.0267. The predicted octanol–water partition coefficient (Wildman–Crippen LogP) is 4.57. The highest BCUT2D eigenvalue weighted by molar-refractivity contribution is 7.80. The van der Waals surface area contributed by atoms with E-state index in [-0.39, 0.29) is 17.7 Å². The number of urea groups is 1. The van der Waals surface area contributed by atoms with E-state index in [9.17, 15) is 9.59 Å². The molecule has 1 saturated heterocycles. The van der Waals surface area contributed by atoms with Gasteiger partial charge in [-0.1, -0.05) is 61.6 Å². The topological polar surface area (TPSA) is 45.6 Å². The van der Waals surface area contributed by atoms with Crippen molar-refractivity contribution in [1.82, 2.24) is 14.4 Å². The fourth-order valence-corrected chi connectivity index (χ4v) is 5.02. The van der Waals surface area contributed by atoms with Crippen LogP contribution in [0.3, 0.4) is 0 Å². The molecule has 2 aliphatic rings. The minimum Gasteiger partial charge on any atom is -0.338 e. The Hall–Kier alpha value is -2.99. The number of Topliss-reactive ketones (excluding diaryl/α,β-unsaturated/α-hetero) is 1. The van der Waals surface area contributed by atoms with Crippen molar-refractivity contribution in [1.29, 1.82) is 0 Å². The maximum Gasteiger partial charge on any atom is 0.325 e. The van der Waals surface area contributed by atoms with Gasteiger partial charge in [0.1, 0.15) is 0 Å². The Morgan fingerprint density at radius 1 is 1.13 bits per heavy atom. The van der Waals surface area contributed by atoms with E-state index < -0.39 is 0 Å². The van der Waals surface area contributed by atoms with Crippen LogP contribution in [0.15, 0.2) is 48.5 Å². The maximum absolute atomic E-state index is 12.7. The van der Waals surface area contributed by atoms with E-state index in [0.717, 1.165) is 22.3 Å². The van der Waals surface area contributed by atoms with Crippen LogP contribution in [0.2, 0.25) is 0 Å². The van der Waals surface area contributed by atoms with Crippen molar-refractivity contribution in [3.63, 3.8) is 0 Å². The Morgan fingerprint density at radius 2 is 1.87 bits per heavy atom. The van der Waals surface area contributed by atoms with Crippen LogP contribution in [0.5, 0.6) is 0 Å². The molecule has 2 aliphatic heterocycles. The molecular formula is C24H23N3O2S. The molecule has 6 heteroatoms. The molecule has 0 N–H and O–H groups in total. The zero-order valence-corrected chi connectivity index (χ0v) is 17.9. The van der Waals surface area contributed by atoms with Gasteiger partial charge in [0.15, 0.2) is 5.78 Å². The largest absolute Gasteiger partial charge is 0.338 e. The summed E-state index contributed by atoms with van der Waals surface area (Å²) < 4.78 is 2.31. The standard InChI is InChI=1S/C24H23N3O2S/c1-3-21(28)16-10-8-15(9-11-16)12-27-19-7-5-4-6-17(19)22-18-13-26(14-20(22)27)24(29)25(2)23(18)30/h4-11,18H,3,12-14H2,1-2H3. The molecule has 1 fully saturated rings. The number of benzene rings is 2. The fraction of sp³-hybridized carbons (Fsp3) is 0.292. The highest BCUT2D eigenvalue weighted by atomic mass is 32.1. The summed E-state index contributed by atoms with van der Waals surface area (Å²) in [5.74, 6) is 0.198. The molecule has 0 saturated carbocycles. The van der Waals surface area contributed by atoms with Crippen molar-refractivity contribution in [3.05, 3.63) is 70.9 Å². The summed E-state index contributed by atoms with van der Waals surface area (Å²) in [6.07, 6.45) is 0.509. The Bertz CT molecular complexity index is 1200. The third kappa shape index (κ3) is 2.78. The zero-order chi connectivity index (χ0) is 21.0.